The molecule has 2 rings (SSSR count). The highest BCUT2D eigenvalue weighted by Gasteiger charge is 2.22. The molecule has 1 unspecified atom stereocenters. The first-order valence-electron chi connectivity index (χ1n) is 6.22. The number of rotatable bonds is 5. The molecule has 0 amide bonds. The van der Waals surface area contributed by atoms with E-state index in [0.29, 0.717) is 42.2 Å². The predicted molar refractivity (Wildman–Crippen MR) is 75.2 cm³/mol. The van der Waals surface area contributed by atoms with Crippen molar-refractivity contribution in [2.75, 3.05) is 39.5 Å². The Bertz CT molecular complexity index is 397. The second kappa shape index (κ2) is 7.31. The SMILES string of the molecule is OCC1COCCN1CCOc1c(Cl)cccc1Cl. The Hall–Kier alpha value is -0.520. The Morgan fingerprint density at radius 2 is 2.11 bits per heavy atom. The maximum absolute atomic E-state index is 9.26. The molecule has 0 aliphatic carbocycles. The van der Waals surface area contributed by atoms with Crippen molar-refractivity contribution in [1.82, 2.24) is 4.90 Å². The maximum Gasteiger partial charge on any atom is 0.156 e. The second-order valence-corrected chi connectivity index (χ2v) is 5.16. The Morgan fingerprint density at radius 3 is 2.79 bits per heavy atom. The van der Waals surface area contributed by atoms with Crippen LogP contribution in [0.25, 0.3) is 0 Å². The summed E-state index contributed by atoms with van der Waals surface area (Å²) < 4.78 is 11.0. The molecular weight excluding hydrogens is 289 g/mol. The second-order valence-electron chi connectivity index (χ2n) is 4.35. The van der Waals surface area contributed by atoms with Crippen LogP contribution >= 0.6 is 23.2 Å². The Morgan fingerprint density at radius 1 is 1.37 bits per heavy atom. The van der Waals surface area contributed by atoms with E-state index in [9.17, 15) is 5.11 Å². The molecule has 106 valence electrons. The van der Waals surface area contributed by atoms with E-state index in [0.717, 1.165) is 6.54 Å². The molecule has 1 saturated heterocycles. The van der Waals surface area contributed by atoms with Crippen molar-refractivity contribution in [3.8, 4) is 5.75 Å². The Labute approximate surface area is 122 Å². The molecule has 0 bridgehead atoms. The highest BCUT2D eigenvalue weighted by molar-refractivity contribution is 6.37. The number of aliphatic hydroxyl groups is 1. The van der Waals surface area contributed by atoms with Crippen molar-refractivity contribution in [2.45, 2.75) is 6.04 Å². The molecule has 1 aromatic carbocycles. The van der Waals surface area contributed by atoms with E-state index in [4.69, 9.17) is 32.7 Å². The van der Waals surface area contributed by atoms with Crippen molar-refractivity contribution < 1.29 is 14.6 Å². The van der Waals surface area contributed by atoms with Gasteiger partial charge < -0.3 is 14.6 Å². The first-order valence-corrected chi connectivity index (χ1v) is 6.97. The first-order chi connectivity index (χ1) is 9.22. The lowest BCUT2D eigenvalue weighted by Crippen LogP contribution is -2.48. The van der Waals surface area contributed by atoms with Gasteiger partial charge in [0, 0.05) is 13.1 Å². The van der Waals surface area contributed by atoms with Gasteiger partial charge in [0.05, 0.1) is 35.9 Å². The van der Waals surface area contributed by atoms with Crippen LogP contribution in [0, 0.1) is 0 Å². The number of benzene rings is 1. The van der Waals surface area contributed by atoms with Gasteiger partial charge in [0.1, 0.15) is 6.61 Å². The zero-order chi connectivity index (χ0) is 13.7. The molecule has 19 heavy (non-hydrogen) atoms. The molecular formula is C13H17Cl2NO3. The molecule has 1 fully saturated rings. The topological polar surface area (TPSA) is 41.9 Å². The van der Waals surface area contributed by atoms with Crippen LogP contribution in [0.1, 0.15) is 0 Å². The van der Waals surface area contributed by atoms with Crippen molar-refractivity contribution in [3.05, 3.63) is 28.2 Å². The summed E-state index contributed by atoms with van der Waals surface area (Å²) in [4.78, 5) is 2.15. The molecule has 0 radical (unpaired) electrons. The molecule has 1 aliphatic heterocycles. The van der Waals surface area contributed by atoms with Gasteiger partial charge in [-0.25, -0.2) is 0 Å². The third kappa shape index (κ3) is 3.97. The summed E-state index contributed by atoms with van der Waals surface area (Å²) >= 11 is 12.0. The van der Waals surface area contributed by atoms with Crippen LogP contribution in [0.15, 0.2) is 18.2 Å². The van der Waals surface area contributed by atoms with Gasteiger partial charge in [-0.2, -0.15) is 0 Å². The summed E-state index contributed by atoms with van der Waals surface area (Å²) in [5, 5.41) is 10.3. The Balaban J connectivity index is 1.86. The molecule has 1 atom stereocenters. The highest BCUT2D eigenvalue weighted by Crippen LogP contribution is 2.32. The highest BCUT2D eigenvalue weighted by atomic mass is 35.5. The third-order valence-corrected chi connectivity index (χ3v) is 3.70. The predicted octanol–water partition coefficient (Wildman–Crippen LogP) is 2.07. The van der Waals surface area contributed by atoms with E-state index < -0.39 is 0 Å². The van der Waals surface area contributed by atoms with E-state index in [1.165, 1.54) is 0 Å². The molecule has 4 nitrogen and oxygen atoms in total. The normalized spacial score (nSPS) is 20.5. The lowest BCUT2D eigenvalue weighted by atomic mass is 10.2. The molecule has 1 aromatic rings. The van der Waals surface area contributed by atoms with E-state index in [-0.39, 0.29) is 12.6 Å². The molecule has 0 saturated carbocycles. The number of nitrogens with zero attached hydrogens (tertiary/aromatic N) is 1. The minimum atomic E-state index is 0.0408. The molecule has 0 spiro atoms. The van der Waals surface area contributed by atoms with Crippen LogP contribution in [0.5, 0.6) is 5.75 Å². The van der Waals surface area contributed by atoms with Gasteiger partial charge in [0.25, 0.3) is 0 Å². The molecule has 1 aliphatic rings. The van der Waals surface area contributed by atoms with Crippen LogP contribution in [0.2, 0.25) is 10.0 Å². The van der Waals surface area contributed by atoms with Gasteiger partial charge in [-0.3, -0.25) is 4.90 Å². The lowest BCUT2D eigenvalue weighted by Gasteiger charge is -2.34. The monoisotopic (exact) mass is 305 g/mol. The lowest BCUT2D eigenvalue weighted by molar-refractivity contribution is -0.0312. The van der Waals surface area contributed by atoms with Crippen LogP contribution < -0.4 is 4.74 Å². The van der Waals surface area contributed by atoms with E-state index in [1.54, 1.807) is 18.2 Å². The number of hydrogen-bond acceptors (Lipinski definition) is 4. The number of hydrogen-bond donors (Lipinski definition) is 1. The van der Waals surface area contributed by atoms with Crippen LogP contribution in [-0.2, 0) is 4.74 Å². The van der Waals surface area contributed by atoms with Gasteiger partial charge in [0.15, 0.2) is 5.75 Å². The van der Waals surface area contributed by atoms with Crippen LogP contribution in [-0.4, -0.2) is 55.6 Å². The first kappa shape index (κ1) is 14.9. The summed E-state index contributed by atoms with van der Waals surface area (Å²) in [7, 11) is 0. The van der Waals surface area contributed by atoms with Crippen molar-refractivity contribution >= 4 is 23.2 Å². The summed E-state index contributed by atoms with van der Waals surface area (Å²) in [5.41, 5.74) is 0. The van der Waals surface area contributed by atoms with Gasteiger partial charge in [-0.15, -0.1) is 0 Å². The summed E-state index contributed by atoms with van der Waals surface area (Å²) in [6.07, 6.45) is 0. The van der Waals surface area contributed by atoms with E-state index >= 15 is 0 Å². The van der Waals surface area contributed by atoms with Gasteiger partial charge in [-0.05, 0) is 12.1 Å². The average Bonchev–Trinajstić information content (AvgIpc) is 2.42. The standard InChI is InChI=1S/C13H17Cl2NO3/c14-11-2-1-3-12(15)13(11)19-7-5-16-4-6-18-9-10(16)8-17/h1-3,10,17H,4-9H2. The summed E-state index contributed by atoms with van der Waals surface area (Å²) in [6, 6.07) is 5.31. The minimum Gasteiger partial charge on any atom is -0.489 e. The Kier molecular flexibility index (Phi) is 5.73. The fraction of sp³-hybridized carbons (Fsp3) is 0.538. The summed E-state index contributed by atoms with van der Waals surface area (Å²) in [6.45, 7) is 3.31. The van der Waals surface area contributed by atoms with Gasteiger partial charge in [0.2, 0.25) is 0 Å². The average molecular weight is 306 g/mol. The molecule has 1 N–H and O–H groups in total. The van der Waals surface area contributed by atoms with Crippen LogP contribution in [0.3, 0.4) is 0 Å². The quantitative estimate of drug-likeness (QED) is 0.904. The molecule has 6 heteroatoms. The van der Waals surface area contributed by atoms with Gasteiger partial charge >= 0.3 is 0 Å². The summed E-state index contributed by atoms with van der Waals surface area (Å²) in [5.74, 6) is 0.514. The number of morpholine rings is 1. The number of ether oxygens (including phenoxy) is 2. The smallest absolute Gasteiger partial charge is 0.156 e. The van der Waals surface area contributed by atoms with Crippen molar-refractivity contribution in [1.29, 1.82) is 0 Å². The van der Waals surface area contributed by atoms with Crippen molar-refractivity contribution in [3.63, 3.8) is 0 Å². The molecule has 0 aromatic heterocycles. The van der Waals surface area contributed by atoms with Crippen LogP contribution in [0.4, 0.5) is 0 Å². The fourth-order valence-corrected chi connectivity index (χ4v) is 2.54. The largest absolute Gasteiger partial charge is 0.489 e. The zero-order valence-corrected chi connectivity index (χ0v) is 12.0. The third-order valence-electron chi connectivity index (χ3n) is 3.10. The van der Waals surface area contributed by atoms with E-state index in [1.807, 2.05) is 0 Å². The number of para-hydroxylation sites is 1. The molecule has 1 heterocycles. The van der Waals surface area contributed by atoms with Gasteiger partial charge in [-0.1, -0.05) is 29.3 Å². The zero-order valence-electron chi connectivity index (χ0n) is 10.5. The number of halogens is 2. The van der Waals surface area contributed by atoms with E-state index in [2.05, 4.69) is 4.90 Å². The van der Waals surface area contributed by atoms with Crippen molar-refractivity contribution in [2.24, 2.45) is 0 Å². The maximum atomic E-state index is 9.26. The fourth-order valence-electron chi connectivity index (χ4n) is 2.04. The number of aliphatic hydroxyl groups excluding tert-OH is 1. The minimum absolute atomic E-state index is 0.0408.